The minimum absolute atomic E-state index is 0.0357. The van der Waals surface area contributed by atoms with Crippen LogP contribution in [0.1, 0.15) is 36.8 Å². The van der Waals surface area contributed by atoms with E-state index >= 15 is 0 Å². The lowest BCUT2D eigenvalue weighted by Crippen LogP contribution is -2.54. The third-order valence-corrected chi connectivity index (χ3v) is 9.00. The van der Waals surface area contributed by atoms with Crippen LogP contribution in [0.25, 0.3) is 0 Å². The van der Waals surface area contributed by atoms with E-state index in [1.165, 1.54) is 24.1 Å². The second-order valence-electron chi connectivity index (χ2n) is 10.7. The topological polar surface area (TPSA) is 105 Å². The fourth-order valence-corrected chi connectivity index (χ4v) is 6.41. The van der Waals surface area contributed by atoms with Crippen molar-refractivity contribution in [1.82, 2.24) is 10.2 Å². The average Bonchev–Trinajstić information content (AvgIpc) is 3.50. The van der Waals surface area contributed by atoms with E-state index in [9.17, 15) is 18.0 Å². The molecule has 1 aliphatic carbocycles. The summed E-state index contributed by atoms with van der Waals surface area (Å²) < 4.78 is 37.6. The van der Waals surface area contributed by atoms with Gasteiger partial charge in [0.1, 0.15) is 24.1 Å². The van der Waals surface area contributed by atoms with Crippen LogP contribution in [0, 0.1) is 0 Å². The molecule has 2 amide bonds. The van der Waals surface area contributed by atoms with Crippen molar-refractivity contribution in [3.63, 3.8) is 0 Å². The largest absolute Gasteiger partial charge is 0.497 e. The number of ether oxygens (including phenoxy) is 2. The molecule has 1 aliphatic rings. The minimum atomic E-state index is -3.92. The molecule has 0 aromatic heterocycles. The highest BCUT2D eigenvalue weighted by Crippen LogP contribution is 2.30. The first-order chi connectivity index (χ1) is 20.6. The van der Waals surface area contributed by atoms with Gasteiger partial charge in [-0.05, 0) is 54.3 Å². The van der Waals surface area contributed by atoms with Gasteiger partial charge in [-0.2, -0.15) is 0 Å². The van der Waals surface area contributed by atoms with Crippen LogP contribution >= 0.6 is 11.6 Å². The molecular weight excluding hydrogens is 590 g/mol. The third kappa shape index (κ3) is 8.64. The van der Waals surface area contributed by atoms with Crippen molar-refractivity contribution in [2.24, 2.45) is 0 Å². The number of hydrogen-bond acceptors (Lipinski definition) is 6. The highest BCUT2D eigenvalue weighted by atomic mass is 35.5. The summed E-state index contributed by atoms with van der Waals surface area (Å²) in [5.41, 5.74) is 1.82. The summed E-state index contributed by atoms with van der Waals surface area (Å²) in [7, 11) is -0.912. The molecule has 0 spiro atoms. The van der Waals surface area contributed by atoms with E-state index in [1.807, 2.05) is 42.5 Å². The molecule has 3 aromatic carbocycles. The van der Waals surface area contributed by atoms with Crippen molar-refractivity contribution in [3.8, 4) is 11.5 Å². The molecule has 0 aliphatic heterocycles. The molecule has 1 saturated carbocycles. The van der Waals surface area contributed by atoms with Crippen LogP contribution in [0.2, 0.25) is 5.02 Å². The number of carbonyl (C=O) groups excluding carboxylic acids is 2. The second-order valence-corrected chi connectivity index (χ2v) is 13.0. The molecule has 1 unspecified atom stereocenters. The molecule has 9 nitrogen and oxygen atoms in total. The Bertz CT molecular complexity index is 1510. The maximum absolute atomic E-state index is 14.3. The number of nitrogens with zero attached hydrogens (tertiary/aromatic N) is 2. The lowest BCUT2D eigenvalue weighted by molar-refractivity contribution is -0.140. The zero-order chi connectivity index (χ0) is 31.0. The van der Waals surface area contributed by atoms with Gasteiger partial charge in [0.25, 0.3) is 0 Å². The molecule has 0 bridgehead atoms. The van der Waals surface area contributed by atoms with E-state index < -0.39 is 28.5 Å². The summed E-state index contributed by atoms with van der Waals surface area (Å²) in [4.78, 5) is 29.7. The van der Waals surface area contributed by atoms with Crippen LogP contribution in [-0.2, 0) is 32.6 Å². The van der Waals surface area contributed by atoms with Gasteiger partial charge in [-0.1, -0.05) is 66.9 Å². The Balaban J connectivity index is 1.74. The van der Waals surface area contributed by atoms with Gasteiger partial charge in [0.15, 0.2) is 0 Å². The Morgan fingerprint density at radius 1 is 0.953 bits per heavy atom. The predicted molar refractivity (Wildman–Crippen MR) is 168 cm³/mol. The number of anilines is 1. The summed E-state index contributed by atoms with van der Waals surface area (Å²) in [6, 6.07) is 20.4. The lowest BCUT2D eigenvalue weighted by atomic mass is 10.0. The molecule has 1 N–H and O–H groups in total. The molecule has 43 heavy (non-hydrogen) atoms. The number of hydrogen-bond donors (Lipinski definition) is 1. The van der Waals surface area contributed by atoms with Crippen LogP contribution in [0.5, 0.6) is 11.5 Å². The quantitative estimate of drug-likeness (QED) is 0.291. The van der Waals surface area contributed by atoms with E-state index in [2.05, 4.69) is 5.32 Å². The van der Waals surface area contributed by atoms with Crippen molar-refractivity contribution in [2.45, 2.75) is 50.7 Å². The summed E-state index contributed by atoms with van der Waals surface area (Å²) in [5, 5.41) is 3.36. The minimum Gasteiger partial charge on any atom is -0.497 e. The van der Waals surface area contributed by atoms with E-state index in [0.717, 1.165) is 47.4 Å². The normalized spacial score (nSPS) is 14.1. The van der Waals surface area contributed by atoms with Crippen LogP contribution < -0.4 is 19.1 Å². The number of sulfonamides is 1. The Kier molecular flexibility index (Phi) is 10.9. The molecule has 3 aromatic rings. The first-order valence-corrected chi connectivity index (χ1v) is 16.4. The summed E-state index contributed by atoms with van der Waals surface area (Å²) >= 11 is 6.32. The monoisotopic (exact) mass is 627 g/mol. The number of halogens is 1. The zero-order valence-corrected chi connectivity index (χ0v) is 26.2. The van der Waals surface area contributed by atoms with Gasteiger partial charge >= 0.3 is 0 Å². The highest BCUT2D eigenvalue weighted by Gasteiger charge is 2.34. The lowest BCUT2D eigenvalue weighted by Gasteiger charge is -2.34. The first-order valence-electron chi connectivity index (χ1n) is 14.2. The fraction of sp³-hybridized carbons (Fsp3) is 0.375. The highest BCUT2D eigenvalue weighted by molar-refractivity contribution is 7.92. The number of amides is 2. The summed E-state index contributed by atoms with van der Waals surface area (Å²) in [6.45, 7) is -0.472. The standard InChI is InChI=1S/C32H38ClN3O6S/c1-41-27-15-9-12-24(18-27)21-35(29(19-23-10-5-4-6-11-23)32(38)34-25-13-7-8-14-25)31(37)22-36(43(3,39)40)26-16-17-30(42-2)28(33)20-26/h4-6,9-12,15-18,20,25,29H,7-8,13-14,19,21-22H2,1-3H3,(H,34,38). The average molecular weight is 628 g/mol. The smallest absolute Gasteiger partial charge is 0.244 e. The van der Waals surface area contributed by atoms with E-state index in [-0.39, 0.29) is 35.6 Å². The SMILES string of the molecule is COc1cccc(CN(C(=O)CN(c2ccc(OC)c(Cl)c2)S(C)(=O)=O)C(Cc2ccccc2)C(=O)NC2CCCC2)c1. The van der Waals surface area contributed by atoms with Crippen LogP contribution in [0.15, 0.2) is 72.8 Å². The molecule has 11 heteroatoms. The maximum atomic E-state index is 14.3. The Morgan fingerprint density at radius 2 is 1.65 bits per heavy atom. The van der Waals surface area contributed by atoms with Gasteiger partial charge in [-0.15, -0.1) is 0 Å². The zero-order valence-electron chi connectivity index (χ0n) is 24.7. The second kappa shape index (κ2) is 14.6. The van der Waals surface area contributed by atoms with Gasteiger partial charge < -0.3 is 19.7 Å². The molecule has 4 rings (SSSR count). The molecule has 1 atom stereocenters. The Hall–Kier alpha value is -3.76. The van der Waals surface area contributed by atoms with E-state index in [4.69, 9.17) is 21.1 Å². The van der Waals surface area contributed by atoms with E-state index in [0.29, 0.717) is 11.5 Å². The first kappa shape index (κ1) is 32.2. The van der Waals surface area contributed by atoms with Gasteiger partial charge in [-0.25, -0.2) is 8.42 Å². The number of rotatable bonds is 13. The van der Waals surface area contributed by atoms with E-state index in [1.54, 1.807) is 25.3 Å². The van der Waals surface area contributed by atoms with Crippen molar-refractivity contribution in [3.05, 3.63) is 88.9 Å². The van der Waals surface area contributed by atoms with Crippen LogP contribution in [-0.4, -0.2) is 64.2 Å². The van der Waals surface area contributed by atoms with Crippen molar-refractivity contribution < 1.29 is 27.5 Å². The van der Waals surface area contributed by atoms with Crippen LogP contribution in [0.4, 0.5) is 5.69 Å². The molecular formula is C32H38ClN3O6S. The van der Waals surface area contributed by atoms with Gasteiger partial charge in [-0.3, -0.25) is 13.9 Å². The van der Waals surface area contributed by atoms with Gasteiger partial charge in [0.2, 0.25) is 21.8 Å². The van der Waals surface area contributed by atoms with Gasteiger partial charge in [0.05, 0.1) is 31.2 Å². The number of benzene rings is 3. The number of methoxy groups -OCH3 is 2. The molecule has 0 saturated heterocycles. The fourth-order valence-electron chi connectivity index (χ4n) is 5.31. The van der Waals surface area contributed by atoms with Crippen molar-refractivity contribution in [2.75, 3.05) is 31.3 Å². The Labute approximate surface area is 258 Å². The molecule has 1 fully saturated rings. The third-order valence-electron chi connectivity index (χ3n) is 7.56. The van der Waals surface area contributed by atoms with Crippen LogP contribution in [0.3, 0.4) is 0 Å². The molecule has 230 valence electrons. The Morgan fingerprint density at radius 3 is 2.28 bits per heavy atom. The molecule has 0 heterocycles. The summed E-state index contributed by atoms with van der Waals surface area (Å²) in [6.07, 6.45) is 5.12. The predicted octanol–water partition coefficient (Wildman–Crippen LogP) is 4.82. The van der Waals surface area contributed by atoms with Crippen molar-refractivity contribution in [1.29, 1.82) is 0 Å². The number of carbonyl (C=O) groups is 2. The van der Waals surface area contributed by atoms with Gasteiger partial charge in [0, 0.05) is 19.0 Å². The number of nitrogens with one attached hydrogen (secondary N) is 1. The summed E-state index contributed by atoms with van der Waals surface area (Å²) in [5.74, 6) is 0.162. The molecule has 0 radical (unpaired) electrons. The van der Waals surface area contributed by atoms with Crippen molar-refractivity contribution >= 4 is 39.1 Å². The maximum Gasteiger partial charge on any atom is 0.244 e.